The third kappa shape index (κ3) is 6.36. The second-order valence-electron chi connectivity index (χ2n) is 6.23. The molecule has 2 aromatic rings. The third-order valence-corrected chi connectivity index (χ3v) is 5.22. The minimum Gasteiger partial charge on any atom is -0.726 e. The number of ether oxygens (including phenoxy) is 1. The molecule has 2 aromatic carbocycles. The lowest BCUT2D eigenvalue weighted by molar-refractivity contribution is -0.928. The van der Waals surface area contributed by atoms with E-state index in [4.69, 9.17) is 4.74 Å². The fourth-order valence-electron chi connectivity index (χ4n) is 3.13. The summed E-state index contributed by atoms with van der Waals surface area (Å²) < 4.78 is 37.2. The zero-order valence-electron chi connectivity index (χ0n) is 16.5. The Morgan fingerprint density at radius 1 is 1.10 bits per heavy atom. The minimum absolute atomic E-state index is 0.130. The molecule has 29 heavy (non-hydrogen) atoms. The Labute approximate surface area is 180 Å². The molecule has 1 aliphatic heterocycles. The molecule has 0 bridgehead atoms. The standard InChI is InChI=1S/C19H21BrN2O.CH4O4S/c1-21-17(15-9-5-3-6-10-15)19(23-14-13-20)18(22(21)2)16-11-7-4-8-12-16;1-5-6(2,3)4/h3-12,17H,13-14H2,1-2H3;1H3,(H,2,3,4). The van der Waals surface area contributed by atoms with Gasteiger partial charge in [0.15, 0.2) is 11.5 Å². The number of quaternary nitrogens is 1. The number of alkyl halides is 1. The maximum atomic E-state index is 9.22. The Morgan fingerprint density at radius 3 is 2.10 bits per heavy atom. The molecule has 0 saturated carbocycles. The summed E-state index contributed by atoms with van der Waals surface area (Å²) in [7, 11) is 0.705. The van der Waals surface area contributed by atoms with Crippen LogP contribution in [0.15, 0.2) is 66.4 Å². The molecule has 2 atom stereocenters. The lowest BCUT2D eigenvalue weighted by Gasteiger charge is -2.23. The summed E-state index contributed by atoms with van der Waals surface area (Å²) in [6.45, 7) is 0.663. The van der Waals surface area contributed by atoms with Gasteiger partial charge in [-0.3, -0.25) is 4.18 Å². The zero-order chi connectivity index (χ0) is 21.4. The van der Waals surface area contributed by atoms with Crippen molar-refractivity contribution in [3.05, 3.63) is 77.5 Å². The number of nitrogens with zero attached hydrogens (tertiary/aromatic N) is 1. The molecule has 3 rings (SSSR count). The average molecular weight is 485 g/mol. The molecule has 0 aromatic heterocycles. The highest BCUT2D eigenvalue weighted by Crippen LogP contribution is 2.34. The van der Waals surface area contributed by atoms with Crippen LogP contribution in [0.25, 0.3) is 5.70 Å². The summed E-state index contributed by atoms with van der Waals surface area (Å²) in [4.78, 5) is 0. The highest BCUT2D eigenvalue weighted by atomic mass is 79.9. The van der Waals surface area contributed by atoms with Crippen molar-refractivity contribution >= 4 is 32.0 Å². The van der Waals surface area contributed by atoms with Crippen LogP contribution < -0.4 is 5.01 Å². The van der Waals surface area contributed by atoms with Crippen LogP contribution in [0.4, 0.5) is 0 Å². The fraction of sp³-hybridized carbons (Fsp3) is 0.300. The highest BCUT2D eigenvalue weighted by molar-refractivity contribution is 9.09. The van der Waals surface area contributed by atoms with Gasteiger partial charge in [-0.25, -0.2) is 13.4 Å². The molecule has 158 valence electrons. The largest absolute Gasteiger partial charge is 0.726 e. The maximum Gasteiger partial charge on any atom is 0.217 e. The van der Waals surface area contributed by atoms with Gasteiger partial charge in [-0.2, -0.15) is 0 Å². The third-order valence-electron chi connectivity index (χ3n) is 4.49. The van der Waals surface area contributed by atoms with Crippen molar-refractivity contribution in [1.29, 1.82) is 0 Å². The second-order valence-corrected chi connectivity index (χ2v) is 8.17. The number of halogens is 1. The summed E-state index contributed by atoms with van der Waals surface area (Å²) in [5, 5.41) is 4.37. The number of likely N-dealkylation sites (N-methyl/N-ethyl adjacent to an activating group) is 1. The van der Waals surface area contributed by atoms with Gasteiger partial charge in [0.25, 0.3) is 0 Å². The molecule has 1 N–H and O–H groups in total. The smallest absolute Gasteiger partial charge is 0.217 e. The van der Waals surface area contributed by atoms with Crippen molar-refractivity contribution < 1.29 is 26.9 Å². The quantitative estimate of drug-likeness (QED) is 0.383. The lowest BCUT2D eigenvalue weighted by atomic mass is 10.0. The van der Waals surface area contributed by atoms with E-state index >= 15 is 0 Å². The van der Waals surface area contributed by atoms with Crippen LogP contribution in [-0.4, -0.2) is 51.1 Å². The maximum absolute atomic E-state index is 9.22. The van der Waals surface area contributed by atoms with Crippen molar-refractivity contribution in [3.63, 3.8) is 0 Å². The van der Waals surface area contributed by atoms with Crippen LogP contribution in [0.5, 0.6) is 0 Å². The zero-order valence-corrected chi connectivity index (χ0v) is 18.9. The van der Waals surface area contributed by atoms with E-state index in [2.05, 4.69) is 93.8 Å². The highest BCUT2D eigenvalue weighted by Gasteiger charge is 2.42. The van der Waals surface area contributed by atoms with E-state index in [1.165, 1.54) is 21.8 Å². The van der Waals surface area contributed by atoms with E-state index in [1.807, 2.05) is 6.07 Å². The molecular weight excluding hydrogens is 460 g/mol. The number of nitrogens with one attached hydrogen (secondary N) is 1. The molecule has 0 saturated heterocycles. The molecule has 2 unspecified atom stereocenters. The lowest BCUT2D eigenvalue weighted by Crippen LogP contribution is -3.11. The van der Waals surface area contributed by atoms with Crippen molar-refractivity contribution in [2.45, 2.75) is 6.04 Å². The summed E-state index contributed by atoms with van der Waals surface area (Å²) in [5.74, 6) is 1.04. The summed E-state index contributed by atoms with van der Waals surface area (Å²) in [6, 6.07) is 21.2. The Bertz CT molecular complexity index is 907. The first-order valence-corrected chi connectivity index (χ1v) is 11.4. The van der Waals surface area contributed by atoms with Gasteiger partial charge in [-0.05, 0) is 17.7 Å². The number of hydrogen-bond donors (Lipinski definition) is 1. The molecule has 0 spiro atoms. The van der Waals surface area contributed by atoms with Crippen LogP contribution in [0.3, 0.4) is 0 Å². The van der Waals surface area contributed by atoms with E-state index in [9.17, 15) is 13.0 Å². The molecular formula is C20H25BrN2O5S. The van der Waals surface area contributed by atoms with Gasteiger partial charge in [0, 0.05) is 17.9 Å². The van der Waals surface area contributed by atoms with E-state index in [0.717, 1.165) is 18.2 Å². The number of rotatable bonds is 6. The minimum atomic E-state index is -4.41. The van der Waals surface area contributed by atoms with Crippen molar-refractivity contribution in [1.82, 2.24) is 5.01 Å². The average Bonchev–Trinajstić information content (AvgIpc) is 2.97. The Hall–Kier alpha value is -1.75. The Kier molecular flexibility index (Phi) is 8.81. The van der Waals surface area contributed by atoms with Crippen molar-refractivity contribution in [3.8, 4) is 0 Å². The van der Waals surface area contributed by atoms with Crippen molar-refractivity contribution in [2.75, 3.05) is 33.1 Å². The van der Waals surface area contributed by atoms with Crippen LogP contribution in [0, 0.1) is 0 Å². The van der Waals surface area contributed by atoms with Gasteiger partial charge in [-0.15, -0.1) is 5.01 Å². The Balaban J connectivity index is 0.000000438. The first-order valence-electron chi connectivity index (χ1n) is 8.91. The monoisotopic (exact) mass is 484 g/mol. The summed E-state index contributed by atoms with van der Waals surface area (Å²) in [6.07, 6.45) is 0. The molecule has 7 nitrogen and oxygen atoms in total. The van der Waals surface area contributed by atoms with E-state index in [-0.39, 0.29) is 6.04 Å². The van der Waals surface area contributed by atoms with E-state index < -0.39 is 10.4 Å². The van der Waals surface area contributed by atoms with E-state index in [1.54, 1.807) is 0 Å². The van der Waals surface area contributed by atoms with Crippen LogP contribution in [0.1, 0.15) is 17.2 Å². The number of benzene rings is 2. The van der Waals surface area contributed by atoms with Crippen LogP contribution in [0.2, 0.25) is 0 Å². The summed E-state index contributed by atoms with van der Waals surface area (Å²) in [5.41, 5.74) is 3.67. The fourth-order valence-corrected chi connectivity index (χ4v) is 3.29. The van der Waals surface area contributed by atoms with Crippen LogP contribution >= 0.6 is 15.9 Å². The van der Waals surface area contributed by atoms with E-state index in [0.29, 0.717) is 6.61 Å². The van der Waals surface area contributed by atoms with Crippen LogP contribution in [-0.2, 0) is 19.3 Å². The molecule has 0 fully saturated rings. The van der Waals surface area contributed by atoms with Gasteiger partial charge in [0.2, 0.25) is 10.4 Å². The molecule has 0 amide bonds. The molecule has 0 radical (unpaired) electrons. The van der Waals surface area contributed by atoms with Gasteiger partial charge in [0.1, 0.15) is 6.04 Å². The topological polar surface area (TPSA) is 83.3 Å². The predicted molar refractivity (Wildman–Crippen MR) is 114 cm³/mol. The Morgan fingerprint density at radius 2 is 1.62 bits per heavy atom. The molecule has 0 aliphatic carbocycles. The normalized spacial score (nSPS) is 19.6. The molecule has 1 aliphatic rings. The van der Waals surface area contributed by atoms with Gasteiger partial charge < -0.3 is 9.29 Å². The van der Waals surface area contributed by atoms with Crippen molar-refractivity contribution in [2.24, 2.45) is 0 Å². The molecule has 1 heterocycles. The summed E-state index contributed by atoms with van der Waals surface area (Å²) >= 11 is 3.47. The van der Waals surface area contributed by atoms with Gasteiger partial charge in [-0.1, -0.05) is 64.5 Å². The van der Waals surface area contributed by atoms with Gasteiger partial charge >= 0.3 is 0 Å². The predicted octanol–water partition coefficient (Wildman–Crippen LogP) is 1.98. The SMILES string of the molecule is CN1C(c2ccccc2)C(OCCBr)=C(c2ccccc2)[NH+]1C.COS(=O)(=O)[O-]. The molecule has 9 heteroatoms. The first-order chi connectivity index (χ1) is 13.8. The van der Waals surface area contributed by atoms with Gasteiger partial charge in [0.05, 0.1) is 20.8 Å². The number of hydrogen-bond acceptors (Lipinski definition) is 6. The second kappa shape index (κ2) is 10.9. The first kappa shape index (κ1) is 23.5.